The van der Waals surface area contributed by atoms with E-state index in [-0.39, 0.29) is 29.9 Å². The first-order valence-corrected chi connectivity index (χ1v) is 17.6. The zero-order valence-electron chi connectivity index (χ0n) is 26.2. The molecule has 3 saturated carbocycles. The van der Waals surface area contributed by atoms with E-state index in [0.29, 0.717) is 29.2 Å². The van der Waals surface area contributed by atoms with Gasteiger partial charge in [-0.05, 0) is 73.1 Å². The second-order valence-corrected chi connectivity index (χ2v) is 16.3. The molecule has 1 heterocycles. The molecular formula is C31H42BrN3O9S. The average molecular weight is 713 g/mol. The molecule has 4 aliphatic rings. The van der Waals surface area contributed by atoms with E-state index in [1.54, 1.807) is 32.9 Å². The van der Waals surface area contributed by atoms with Crippen molar-refractivity contribution in [1.29, 1.82) is 0 Å². The number of alkyl carbamates (subject to hydrolysis) is 1. The first kappa shape index (κ1) is 33.6. The number of esters is 1. The van der Waals surface area contributed by atoms with Crippen molar-refractivity contribution in [3.63, 3.8) is 0 Å². The molecule has 2 unspecified atom stereocenters. The van der Waals surface area contributed by atoms with Crippen LogP contribution in [0.1, 0.15) is 66.2 Å². The fourth-order valence-electron chi connectivity index (χ4n) is 6.83. The minimum absolute atomic E-state index is 0.0774. The molecule has 248 valence electrons. The van der Waals surface area contributed by atoms with Gasteiger partial charge in [-0.1, -0.05) is 50.0 Å². The molecule has 0 spiro atoms. The molecular weight excluding hydrogens is 670 g/mol. The highest BCUT2D eigenvalue weighted by molar-refractivity contribution is 9.10. The molecule has 0 bridgehead atoms. The van der Waals surface area contributed by atoms with Crippen LogP contribution in [0.2, 0.25) is 0 Å². The van der Waals surface area contributed by atoms with Gasteiger partial charge in [-0.3, -0.25) is 13.8 Å². The van der Waals surface area contributed by atoms with Crippen molar-refractivity contribution in [2.75, 3.05) is 13.7 Å². The van der Waals surface area contributed by atoms with Crippen molar-refractivity contribution in [3.8, 4) is 0 Å². The van der Waals surface area contributed by atoms with Gasteiger partial charge < -0.3 is 25.0 Å². The van der Waals surface area contributed by atoms with Crippen LogP contribution in [-0.4, -0.2) is 80.7 Å². The van der Waals surface area contributed by atoms with Crippen molar-refractivity contribution in [2.45, 2.75) is 101 Å². The van der Waals surface area contributed by atoms with Gasteiger partial charge in [0, 0.05) is 17.4 Å². The predicted octanol–water partition coefficient (Wildman–Crippen LogP) is 3.52. The maximum absolute atomic E-state index is 14.2. The van der Waals surface area contributed by atoms with Crippen molar-refractivity contribution in [2.24, 2.45) is 23.2 Å². The zero-order chi connectivity index (χ0) is 32.9. The van der Waals surface area contributed by atoms with Gasteiger partial charge in [-0.15, -0.1) is 0 Å². The molecule has 8 atom stereocenters. The van der Waals surface area contributed by atoms with E-state index < -0.39 is 63.1 Å². The average Bonchev–Trinajstić information content (AvgIpc) is 3.78. The summed E-state index contributed by atoms with van der Waals surface area (Å²) in [5.41, 5.74) is -2.01. The van der Waals surface area contributed by atoms with E-state index in [0.717, 1.165) is 12.8 Å². The summed E-state index contributed by atoms with van der Waals surface area (Å²) in [5.74, 6) is -0.725. The summed E-state index contributed by atoms with van der Waals surface area (Å²) in [6.45, 7) is 7.00. The number of fused-ring (bicyclic) bond motifs is 1. The Morgan fingerprint density at radius 2 is 1.69 bits per heavy atom. The molecule has 0 radical (unpaired) electrons. The summed E-state index contributed by atoms with van der Waals surface area (Å²) in [6, 6.07) is 3.63. The van der Waals surface area contributed by atoms with Crippen LogP contribution in [0, 0.1) is 23.2 Å². The van der Waals surface area contributed by atoms with Crippen LogP contribution in [0.25, 0.3) is 0 Å². The van der Waals surface area contributed by atoms with Gasteiger partial charge in [0.15, 0.2) is 0 Å². The first-order chi connectivity index (χ1) is 21.1. The van der Waals surface area contributed by atoms with Crippen molar-refractivity contribution in [1.82, 2.24) is 15.5 Å². The molecule has 5 rings (SSSR count). The number of halogens is 1. The standard InChI is InChI=1S/C31H42BrN3O9S/c1-6-19-15-31(19,28(38)42-5)34-26(36)24-14-22(44-45(40,41)23-9-7-20(32)8-10-23)16-35(24)27(37)25(30(2,3)4)33-29(39)43-21-12-17-11-18(17)13-21/h7-10,17-19,21-22,24-25H,6,11-16H2,1-5H3,(H,33,39)(H,34,36)/t17-,18+,19-,21?,22+,24?,25-,31-/m1/s1. The Hall–Kier alpha value is -2.71. The topological polar surface area (TPSA) is 157 Å². The minimum atomic E-state index is -4.25. The van der Waals surface area contributed by atoms with Gasteiger partial charge in [-0.2, -0.15) is 8.42 Å². The maximum atomic E-state index is 14.2. The third-order valence-corrected chi connectivity index (χ3v) is 11.5. The van der Waals surface area contributed by atoms with E-state index in [4.69, 9.17) is 13.7 Å². The number of benzene rings is 1. The molecule has 0 aromatic heterocycles. The Bertz CT molecular complexity index is 1440. The Labute approximate surface area is 272 Å². The van der Waals surface area contributed by atoms with Crippen LogP contribution < -0.4 is 10.6 Å². The van der Waals surface area contributed by atoms with Crippen LogP contribution in [0.4, 0.5) is 4.79 Å². The summed E-state index contributed by atoms with van der Waals surface area (Å²) >= 11 is 3.28. The number of nitrogens with one attached hydrogen (secondary N) is 2. The molecule has 1 saturated heterocycles. The molecule has 45 heavy (non-hydrogen) atoms. The second-order valence-electron chi connectivity index (χ2n) is 13.8. The Morgan fingerprint density at radius 3 is 2.24 bits per heavy atom. The molecule has 14 heteroatoms. The van der Waals surface area contributed by atoms with E-state index in [1.165, 1.54) is 30.6 Å². The van der Waals surface area contributed by atoms with Crippen LogP contribution in [0.5, 0.6) is 0 Å². The monoisotopic (exact) mass is 711 g/mol. The lowest BCUT2D eigenvalue weighted by Gasteiger charge is -2.35. The van der Waals surface area contributed by atoms with Gasteiger partial charge in [0.05, 0.1) is 18.1 Å². The maximum Gasteiger partial charge on any atom is 0.408 e. The second kappa shape index (κ2) is 12.5. The highest BCUT2D eigenvalue weighted by Gasteiger charge is 2.62. The molecule has 1 aromatic rings. The number of nitrogens with zero attached hydrogens (tertiary/aromatic N) is 1. The first-order valence-electron chi connectivity index (χ1n) is 15.4. The largest absolute Gasteiger partial charge is 0.467 e. The SMILES string of the molecule is CC[C@@H]1C[C@]1(NC(=O)C1C[C@H](OS(=O)(=O)c2ccc(Br)cc2)CN1C(=O)[C@@H](NC(=O)OC1C[C@@H]2C[C@@H]2C1)C(C)(C)C)C(=O)OC. The Morgan fingerprint density at radius 1 is 1.04 bits per heavy atom. The third kappa shape index (κ3) is 7.17. The lowest BCUT2D eigenvalue weighted by molar-refractivity contribution is -0.148. The van der Waals surface area contributed by atoms with Crippen molar-refractivity contribution >= 4 is 49.9 Å². The predicted molar refractivity (Wildman–Crippen MR) is 165 cm³/mol. The molecule has 3 aliphatic carbocycles. The van der Waals surface area contributed by atoms with Gasteiger partial charge in [0.25, 0.3) is 10.1 Å². The highest BCUT2D eigenvalue weighted by Crippen LogP contribution is 2.52. The fourth-order valence-corrected chi connectivity index (χ4v) is 8.17. The zero-order valence-corrected chi connectivity index (χ0v) is 28.6. The molecule has 12 nitrogen and oxygen atoms in total. The smallest absolute Gasteiger partial charge is 0.408 e. The number of likely N-dealkylation sites (tertiary alicyclic amines) is 1. The summed E-state index contributed by atoms with van der Waals surface area (Å²) in [5, 5.41) is 5.54. The lowest BCUT2D eigenvalue weighted by Crippen LogP contribution is -2.59. The number of ether oxygens (including phenoxy) is 2. The number of hydrogen-bond acceptors (Lipinski definition) is 9. The third-order valence-electron chi connectivity index (χ3n) is 9.56. The van der Waals surface area contributed by atoms with E-state index in [1.807, 2.05) is 6.92 Å². The van der Waals surface area contributed by atoms with Crippen molar-refractivity contribution < 1.29 is 41.3 Å². The highest BCUT2D eigenvalue weighted by atomic mass is 79.9. The Kier molecular flexibility index (Phi) is 9.33. The summed E-state index contributed by atoms with van der Waals surface area (Å²) in [4.78, 5) is 54.9. The molecule has 2 N–H and O–H groups in total. The minimum Gasteiger partial charge on any atom is -0.467 e. The summed E-state index contributed by atoms with van der Waals surface area (Å²) in [6.07, 6.45) is 1.69. The molecule has 1 aliphatic heterocycles. The van der Waals surface area contributed by atoms with Crippen LogP contribution in [0.3, 0.4) is 0 Å². The van der Waals surface area contributed by atoms with Gasteiger partial charge in [0.1, 0.15) is 23.7 Å². The normalized spacial score (nSPS) is 31.0. The summed E-state index contributed by atoms with van der Waals surface area (Å²) in [7, 11) is -3.00. The summed E-state index contributed by atoms with van der Waals surface area (Å²) < 4.78 is 43.2. The van der Waals surface area contributed by atoms with E-state index >= 15 is 0 Å². The molecule has 3 amide bonds. The number of rotatable bonds is 10. The van der Waals surface area contributed by atoms with E-state index in [2.05, 4.69) is 26.6 Å². The van der Waals surface area contributed by atoms with E-state index in [9.17, 15) is 27.6 Å². The molecule has 4 fully saturated rings. The van der Waals surface area contributed by atoms with Gasteiger partial charge >= 0.3 is 12.1 Å². The van der Waals surface area contributed by atoms with Crippen molar-refractivity contribution in [3.05, 3.63) is 28.7 Å². The number of amides is 3. The number of methoxy groups -OCH3 is 1. The Balaban J connectivity index is 1.37. The fraction of sp³-hybridized carbons (Fsp3) is 0.677. The van der Waals surface area contributed by atoms with Crippen LogP contribution >= 0.6 is 15.9 Å². The number of hydrogen-bond donors (Lipinski definition) is 2. The van der Waals surface area contributed by atoms with Gasteiger partial charge in [0.2, 0.25) is 11.8 Å². The molecule has 1 aromatic carbocycles. The van der Waals surface area contributed by atoms with Crippen LogP contribution in [-0.2, 0) is 38.2 Å². The number of carbonyl (C=O) groups is 4. The van der Waals surface area contributed by atoms with Crippen LogP contribution in [0.15, 0.2) is 33.6 Å². The lowest BCUT2D eigenvalue weighted by atomic mass is 9.85. The van der Waals surface area contributed by atoms with Gasteiger partial charge in [-0.25, -0.2) is 9.59 Å². The quantitative estimate of drug-likeness (QED) is 0.274. The number of carbonyl (C=O) groups excluding carboxylic acids is 4.